The summed E-state index contributed by atoms with van der Waals surface area (Å²) in [7, 11) is 1.64. The van der Waals surface area contributed by atoms with Crippen molar-refractivity contribution < 1.29 is 9.26 Å². The normalized spacial score (nSPS) is 12.5. The van der Waals surface area contributed by atoms with E-state index in [1.165, 1.54) is 6.33 Å². The van der Waals surface area contributed by atoms with Gasteiger partial charge >= 0.3 is 0 Å². The smallest absolute Gasteiger partial charge is 0.248 e. The van der Waals surface area contributed by atoms with Crippen LogP contribution in [0.2, 0.25) is 0 Å². The van der Waals surface area contributed by atoms with Gasteiger partial charge in [-0.3, -0.25) is 0 Å². The standard InChI is InChI=1S/C16H20N6O2/c1-9-7-10(2)19-14-13(9)15(18-8-17-14)20-11(3)16-21-12(22-24-16)5-6-23-4/h7-8,11H,5-6H2,1-4H3,(H,17,18,19,20). The lowest BCUT2D eigenvalue weighted by Crippen LogP contribution is -2.10. The first kappa shape index (κ1) is 16.3. The molecule has 0 amide bonds. The Labute approximate surface area is 139 Å². The minimum absolute atomic E-state index is 0.187. The van der Waals surface area contributed by atoms with Gasteiger partial charge in [-0.15, -0.1) is 0 Å². The number of nitrogens with one attached hydrogen (secondary N) is 1. The number of hydrogen-bond acceptors (Lipinski definition) is 8. The molecule has 0 saturated heterocycles. The lowest BCUT2D eigenvalue weighted by molar-refractivity contribution is 0.199. The van der Waals surface area contributed by atoms with Crippen LogP contribution in [0.15, 0.2) is 16.9 Å². The van der Waals surface area contributed by atoms with E-state index in [2.05, 4.69) is 30.4 Å². The minimum Gasteiger partial charge on any atom is -0.384 e. The van der Waals surface area contributed by atoms with Gasteiger partial charge in [0.05, 0.1) is 12.0 Å². The molecule has 0 aliphatic rings. The molecule has 0 saturated carbocycles. The topological polar surface area (TPSA) is 98.9 Å². The number of ether oxygens (including phenoxy) is 1. The molecule has 3 aromatic rings. The highest BCUT2D eigenvalue weighted by atomic mass is 16.5. The fourth-order valence-corrected chi connectivity index (χ4v) is 2.52. The predicted octanol–water partition coefficient (Wildman–Crippen LogP) is 2.39. The molecule has 126 valence electrons. The quantitative estimate of drug-likeness (QED) is 0.736. The second kappa shape index (κ2) is 6.88. The van der Waals surface area contributed by atoms with E-state index in [1.807, 2.05) is 26.8 Å². The van der Waals surface area contributed by atoms with Crippen LogP contribution in [0.25, 0.3) is 11.0 Å². The van der Waals surface area contributed by atoms with Crippen molar-refractivity contribution in [1.82, 2.24) is 25.1 Å². The lowest BCUT2D eigenvalue weighted by Gasteiger charge is -2.13. The molecule has 8 nitrogen and oxygen atoms in total. The van der Waals surface area contributed by atoms with Crippen molar-refractivity contribution in [2.75, 3.05) is 19.0 Å². The monoisotopic (exact) mass is 328 g/mol. The van der Waals surface area contributed by atoms with Crippen LogP contribution in [0, 0.1) is 13.8 Å². The zero-order valence-corrected chi connectivity index (χ0v) is 14.2. The van der Waals surface area contributed by atoms with Gasteiger partial charge in [-0.25, -0.2) is 15.0 Å². The summed E-state index contributed by atoms with van der Waals surface area (Å²) in [5, 5.41) is 8.17. The molecule has 0 aliphatic heterocycles. The highest BCUT2D eigenvalue weighted by molar-refractivity contribution is 5.89. The first-order valence-corrected chi connectivity index (χ1v) is 7.75. The Hall–Kier alpha value is -2.61. The van der Waals surface area contributed by atoms with E-state index in [-0.39, 0.29) is 6.04 Å². The molecule has 0 fully saturated rings. The fourth-order valence-electron chi connectivity index (χ4n) is 2.52. The molecule has 24 heavy (non-hydrogen) atoms. The highest BCUT2D eigenvalue weighted by Crippen LogP contribution is 2.25. The molecule has 0 spiro atoms. The summed E-state index contributed by atoms with van der Waals surface area (Å²) in [5.41, 5.74) is 2.67. The zero-order chi connectivity index (χ0) is 17.1. The van der Waals surface area contributed by atoms with Crippen molar-refractivity contribution in [2.45, 2.75) is 33.2 Å². The number of methoxy groups -OCH3 is 1. The number of pyridine rings is 1. The van der Waals surface area contributed by atoms with Crippen molar-refractivity contribution in [3.63, 3.8) is 0 Å². The maximum absolute atomic E-state index is 5.32. The Morgan fingerprint density at radius 2 is 2.08 bits per heavy atom. The number of nitrogens with zero attached hydrogens (tertiary/aromatic N) is 5. The van der Waals surface area contributed by atoms with Gasteiger partial charge in [0, 0.05) is 19.2 Å². The van der Waals surface area contributed by atoms with Gasteiger partial charge < -0.3 is 14.6 Å². The summed E-state index contributed by atoms with van der Waals surface area (Å²) in [5.74, 6) is 1.83. The largest absolute Gasteiger partial charge is 0.384 e. The van der Waals surface area contributed by atoms with Gasteiger partial charge in [-0.1, -0.05) is 5.16 Å². The van der Waals surface area contributed by atoms with Crippen LogP contribution in [0.3, 0.4) is 0 Å². The molecular weight excluding hydrogens is 308 g/mol. The Kier molecular flexibility index (Phi) is 4.66. The molecule has 3 rings (SSSR count). The van der Waals surface area contributed by atoms with Gasteiger partial charge in [-0.2, -0.15) is 4.98 Å². The van der Waals surface area contributed by atoms with E-state index in [4.69, 9.17) is 9.26 Å². The molecule has 1 N–H and O–H groups in total. The maximum atomic E-state index is 5.32. The second-order valence-electron chi connectivity index (χ2n) is 5.66. The van der Waals surface area contributed by atoms with E-state index in [0.717, 1.165) is 16.6 Å². The van der Waals surface area contributed by atoms with Gasteiger partial charge in [0.25, 0.3) is 0 Å². The van der Waals surface area contributed by atoms with Gasteiger partial charge in [0.15, 0.2) is 11.5 Å². The molecule has 0 aromatic carbocycles. The second-order valence-corrected chi connectivity index (χ2v) is 5.66. The van der Waals surface area contributed by atoms with Gasteiger partial charge in [0.2, 0.25) is 5.89 Å². The van der Waals surface area contributed by atoms with E-state index in [9.17, 15) is 0 Å². The fraction of sp³-hybridized carbons (Fsp3) is 0.438. The summed E-state index contributed by atoms with van der Waals surface area (Å²) in [6.07, 6.45) is 2.12. The number of aromatic nitrogens is 5. The molecule has 0 bridgehead atoms. The Morgan fingerprint density at radius 3 is 2.88 bits per heavy atom. The van der Waals surface area contributed by atoms with Gasteiger partial charge in [-0.05, 0) is 32.4 Å². The van der Waals surface area contributed by atoms with Crippen molar-refractivity contribution in [3.8, 4) is 0 Å². The van der Waals surface area contributed by atoms with E-state index in [0.29, 0.717) is 36.2 Å². The first-order chi connectivity index (χ1) is 11.6. The van der Waals surface area contributed by atoms with Crippen molar-refractivity contribution >= 4 is 16.9 Å². The Bertz CT molecular complexity index is 848. The summed E-state index contributed by atoms with van der Waals surface area (Å²) < 4.78 is 10.3. The first-order valence-electron chi connectivity index (χ1n) is 7.75. The highest BCUT2D eigenvalue weighted by Gasteiger charge is 2.17. The molecule has 8 heteroatoms. The third kappa shape index (κ3) is 3.33. The lowest BCUT2D eigenvalue weighted by atomic mass is 10.1. The summed E-state index contributed by atoms with van der Waals surface area (Å²) in [4.78, 5) is 17.4. The van der Waals surface area contributed by atoms with E-state index in [1.54, 1.807) is 7.11 Å². The zero-order valence-electron chi connectivity index (χ0n) is 14.2. The van der Waals surface area contributed by atoms with Crippen molar-refractivity contribution in [2.24, 2.45) is 0 Å². The number of rotatable bonds is 6. The molecule has 0 aliphatic carbocycles. The van der Waals surface area contributed by atoms with Crippen LogP contribution in [-0.2, 0) is 11.2 Å². The SMILES string of the molecule is COCCc1noc(C(C)Nc2ncnc3nc(C)cc(C)c23)n1. The van der Waals surface area contributed by atoms with Crippen LogP contribution in [0.4, 0.5) is 5.82 Å². The van der Waals surface area contributed by atoms with E-state index >= 15 is 0 Å². The van der Waals surface area contributed by atoms with Gasteiger partial charge in [0.1, 0.15) is 18.2 Å². The number of anilines is 1. The molecule has 3 aromatic heterocycles. The van der Waals surface area contributed by atoms with Crippen LogP contribution >= 0.6 is 0 Å². The van der Waals surface area contributed by atoms with Crippen molar-refractivity contribution in [1.29, 1.82) is 0 Å². The summed E-state index contributed by atoms with van der Waals surface area (Å²) >= 11 is 0. The molecular formula is C16H20N6O2. The molecule has 1 atom stereocenters. The minimum atomic E-state index is -0.187. The Balaban J connectivity index is 1.85. The average Bonchev–Trinajstić information content (AvgIpc) is 3.01. The number of hydrogen-bond donors (Lipinski definition) is 1. The van der Waals surface area contributed by atoms with Crippen molar-refractivity contribution in [3.05, 3.63) is 35.4 Å². The van der Waals surface area contributed by atoms with E-state index < -0.39 is 0 Å². The average molecular weight is 328 g/mol. The molecule has 0 radical (unpaired) electrons. The summed E-state index contributed by atoms with van der Waals surface area (Å²) in [6, 6.07) is 1.82. The van der Waals surface area contributed by atoms with Crippen LogP contribution in [0.1, 0.15) is 35.9 Å². The predicted molar refractivity (Wildman–Crippen MR) is 88.7 cm³/mol. The Morgan fingerprint density at radius 1 is 1.25 bits per heavy atom. The maximum Gasteiger partial charge on any atom is 0.248 e. The number of fused-ring (bicyclic) bond motifs is 1. The van der Waals surface area contributed by atoms with Crippen LogP contribution < -0.4 is 5.32 Å². The number of aryl methyl sites for hydroxylation is 2. The molecule has 3 heterocycles. The summed E-state index contributed by atoms with van der Waals surface area (Å²) in [6.45, 7) is 6.47. The molecule has 1 unspecified atom stereocenters. The third-order valence-corrected chi connectivity index (χ3v) is 3.67. The third-order valence-electron chi connectivity index (χ3n) is 3.67. The van der Waals surface area contributed by atoms with Crippen LogP contribution in [-0.4, -0.2) is 38.8 Å². The van der Waals surface area contributed by atoms with Crippen LogP contribution in [0.5, 0.6) is 0 Å².